The second-order valence-corrected chi connectivity index (χ2v) is 5.60. The molecule has 1 aliphatic heterocycles. The van der Waals surface area contributed by atoms with Gasteiger partial charge in [-0.15, -0.1) is 0 Å². The molecule has 1 fully saturated rings. The lowest BCUT2D eigenvalue weighted by molar-refractivity contribution is -0.128. The fraction of sp³-hybridized carbons (Fsp3) is 0.733. The first-order valence-electron chi connectivity index (χ1n) is 7.10. The van der Waals surface area contributed by atoms with Crippen molar-refractivity contribution in [2.24, 2.45) is 5.92 Å². The van der Waals surface area contributed by atoms with E-state index in [9.17, 15) is 9.59 Å². The first-order valence-corrected chi connectivity index (χ1v) is 7.10. The Labute approximate surface area is 115 Å². The quantitative estimate of drug-likeness (QED) is 0.692. The monoisotopic (exact) mass is 267 g/mol. The molecule has 2 amide bonds. The van der Waals surface area contributed by atoms with Crippen LogP contribution in [0.5, 0.6) is 0 Å². The van der Waals surface area contributed by atoms with Gasteiger partial charge in [0.2, 0.25) is 5.91 Å². The molecule has 0 radical (unpaired) electrons. The van der Waals surface area contributed by atoms with E-state index >= 15 is 0 Å². The van der Waals surface area contributed by atoms with Crippen molar-refractivity contribution >= 4 is 12.0 Å². The van der Waals surface area contributed by atoms with Gasteiger partial charge in [-0.1, -0.05) is 32.4 Å². The predicted octanol–water partition coefficient (Wildman–Crippen LogP) is 3.52. The Bertz CT molecular complexity index is 360. The molecule has 108 valence electrons. The van der Waals surface area contributed by atoms with Crippen LogP contribution in [0.2, 0.25) is 0 Å². The van der Waals surface area contributed by atoms with Crippen LogP contribution >= 0.6 is 0 Å². The van der Waals surface area contributed by atoms with Crippen LogP contribution in [-0.2, 0) is 9.53 Å². The Hall–Kier alpha value is -1.32. The van der Waals surface area contributed by atoms with Gasteiger partial charge in [-0.3, -0.25) is 4.79 Å². The van der Waals surface area contributed by atoms with Crippen LogP contribution in [0.3, 0.4) is 0 Å². The van der Waals surface area contributed by atoms with E-state index < -0.39 is 6.09 Å². The molecule has 0 aromatic rings. The molecule has 1 rings (SSSR count). The summed E-state index contributed by atoms with van der Waals surface area (Å²) >= 11 is 0. The summed E-state index contributed by atoms with van der Waals surface area (Å²) in [5.41, 5.74) is 1.03. The van der Waals surface area contributed by atoms with Gasteiger partial charge in [-0.25, -0.2) is 9.69 Å². The zero-order chi connectivity index (χ0) is 14.4. The van der Waals surface area contributed by atoms with Gasteiger partial charge in [0.05, 0.1) is 6.04 Å². The molecule has 1 heterocycles. The standard InChI is InChI=1S/C15H25NO3/c1-5-13-10-19-15(18)16(13)14(17)9-12(4)8-6-7-11(2)3/h8,11,13H,5-7,9-10H2,1-4H3/b12-8+/t13-/m1/s1. The summed E-state index contributed by atoms with van der Waals surface area (Å²) in [6, 6.07) is -0.0940. The molecule has 1 saturated heterocycles. The highest BCUT2D eigenvalue weighted by Gasteiger charge is 2.36. The third-order valence-corrected chi connectivity index (χ3v) is 3.37. The van der Waals surface area contributed by atoms with Crippen LogP contribution in [0.4, 0.5) is 4.79 Å². The molecular formula is C15H25NO3. The normalized spacial score (nSPS) is 20.1. The van der Waals surface area contributed by atoms with Crippen molar-refractivity contribution in [3.63, 3.8) is 0 Å². The molecule has 0 aromatic carbocycles. The number of rotatable bonds is 6. The van der Waals surface area contributed by atoms with Crippen LogP contribution in [-0.4, -0.2) is 29.5 Å². The van der Waals surface area contributed by atoms with E-state index in [0.29, 0.717) is 18.9 Å². The number of carbonyl (C=O) groups is 2. The van der Waals surface area contributed by atoms with Crippen molar-refractivity contribution in [2.45, 2.75) is 59.4 Å². The molecule has 0 unspecified atom stereocenters. The van der Waals surface area contributed by atoms with Crippen molar-refractivity contribution in [2.75, 3.05) is 6.61 Å². The maximum absolute atomic E-state index is 12.1. The largest absolute Gasteiger partial charge is 0.447 e. The zero-order valence-corrected chi connectivity index (χ0v) is 12.4. The number of ether oxygens (including phenoxy) is 1. The third-order valence-electron chi connectivity index (χ3n) is 3.37. The fourth-order valence-corrected chi connectivity index (χ4v) is 2.13. The molecule has 0 bridgehead atoms. The average molecular weight is 267 g/mol. The molecule has 0 N–H and O–H groups in total. The second kappa shape index (κ2) is 7.31. The van der Waals surface area contributed by atoms with Crippen LogP contribution in [0.1, 0.15) is 53.4 Å². The van der Waals surface area contributed by atoms with Gasteiger partial charge in [0.25, 0.3) is 0 Å². The van der Waals surface area contributed by atoms with Crippen LogP contribution < -0.4 is 0 Å². The highest BCUT2D eigenvalue weighted by atomic mass is 16.6. The number of hydrogen-bond donors (Lipinski definition) is 0. The summed E-state index contributed by atoms with van der Waals surface area (Å²) in [5.74, 6) is 0.519. The van der Waals surface area contributed by atoms with Gasteiger partial charge in [-0.05, 0) is 32.1 Å². The molecule has 0 aliphatic carbocycles. The molecule has 4 heteroatoms. The Morgan fingerprint density at radius 2 is 2.21 bits per heavy atom. The number of amides is 2. The maximum Gasteiger partial charge on any atom is 0.416 e. The van der Waals surface area contributed by atoms with Crippen LogP contribution in [0, 0.1) is 5.92 Å². The highest BCUT2D eigenvalue weighted by molar-refractivity contribution is 5.94. The minimum absolute atomic E-state index is 0.0940. The summed E-state index contributed by atoms with van der Waals surface area (Å²) in [6.45, 7) is 8.59. The van der Waals surface area contributed by atoms with E-state index in [0.717, 1.165) is 24.8 Å². The maximum atomic E-state index is 12.1. The van der Waals surface area contributed by atoms with E-state index in [2.05, 4.69) is 19.9 Å². The van der Waals surface area contributed by atoms with Crippen molar-refractivity contribution in [1.82, 2.24) is 4.90 Å². The van der Waals surface area contributed by atoms with Gasteiger partial charge in [-0.2, -0.15) is 0 Å². The number of nitrogens with zero attached hydrogens (tertiary/aromatic N) is 1. The average Bonchev–Trinajstić information content (AvgIpc) is 2.69. The highest BCUT2D eigenvalue weighted by Crippen LogP contribution is 2.18. The van der Waals surface area contributed by atoms with Crippen LogP contribution in [0.25, 0.3) is 0 Å². The minimum atomic E-state index is -0.494. The van der Waals surface area contributed by atoms with Crippen molar-refractivity contribution in [3.05, 3.63) is 11.6 Å². The van der Waals surface area contributed by atoms with E-state index in [1.165, 1.54) is 4.90 Å². The lowest BCUT2D eigenvalue weighted by Crippen LogP contribution is -2.38. The third kappa shape index (κ3) is 4.69. The number of cyclic esters (lactones) is 1. The van der Waals surface area contributed by atoms with Gasteiger partial charge >= 0.3 is 6.09 Å². The Morgan fingerprint density at radius 1 is 1.53 bits per heavy atom. The first-order chi connectivity index (χ1) is 8.95. The van der Waals surface area contributed by atoms with Crippen molar-refractivity contribution in [3.8, 4) is 0 Å². The molecule has 0 aromatic heterocycles. The second-order valence-electron chi connectivity index (χ2n) is 5.60. The number of allylic oxidation sites excluding steroid dienone is 1. The van der Waals surface area contributed by atoms with E-state index in [-0.39, 0.29) is 11.9 Å². The Balaban J connectivity index is 2.51. The lowest BCUT2D eigenvalue weighted by atomic mass is 10.1. The number of imide groups is 1. The Kier molecular flexibility index (Phi) is 6.06. The van der Waals surface area contributed by atoms with Gasteiger partial charge in [0.15, 0.2) is 0 Å². The van der Waals surface area contributed by atoms with Gasteiger partial charge in [0, 0.05) is 6.42 Å². The molecule has 1 aliphatic rings. The zero-order valence-electron chi connectivity index (χ0n) is 12.4. The van der Waals surface area contributed by atoms with E-state index in [1.54, 1.807) is 0 Å². The Morgan fingerprint density at radius 3 is 2.79 bits per heavy atom. The summed E-state index contributed by atoms with van der Waals surface area (Å²) in [7, 11) is 0. The first kappa shape index (κ1) is 15.7. The van der Waals surface area contributed by atoms with Crippen molar-refractivity contribution in [1.29, 1.82) is 0 Å². The summed E-state index contributed by atoms with van der Waals surface area (Å²) in [5, 5.41) is 0. The predicted molar refractivity (Wildman–Crippen MR) is 74.7 cm³/mol. The van der Waals surface area contributed by atoms with Crippen LogP contribution in [0.15, 0.2) is 11.6 Å². The molecular weight excluding hydrogens is 242 g/mol. The molecule has 0 spiro atoms. The lowest BCUT2D eigenvalue weighted by Gasteiger charge is -2.18. The molecule has 4 nitrogen and oxygen atoms in total. The molecule has 0 saturated carbocycles. The topological polar surface area (TPSA) is 46.6 Å². The molecule has 19 heavy (non-hydrogen) atoms. The SMILES string of the molecule is CC[C@@H]1COC(=O)N1C(=O)C/C(C)=C/CCC(C)C. The number of carbonyl (C=O) groups excluding carboxylic acids is 2. The molecule has 1 atom stereocenters. The minimum Gasteiger partial charge on any atom is -0.447 e. The summed E-state index contributed by atoms with van der Waals surface area (Å²) in [6.07, 6.45) is 4.76. The van der Waals surface area contributed by atoms with E-state index in [4.69, 9.17) is 4.74 Å². The van der Waals surface area contributed by atoms with Gasteiger partial charge < -0.3 is 4.74 Å². The smallest absolute Gasteiger partial charge is 0.416 e. The van der Waals surface area contributed by atoms with Gasteiger partial charge in [0.1, 0.15) is 6.61 Å². The number of hydrogen-bond acceptors (Lipinski definition) is 3. The summed E-state index contributed by atoms with van der Waals surface area (Å²) in [4.78, 5) is 24.9. The van der Waals surface area contributed by atoms with Crippen molar-refractivity contribution < 1.29 is 14.3 Å². The van der Waals surface area contributed by atoms with E-state index in [1.807, 2.05) is 13.8 Å². The fourth-order valence-electron chi connectivity index (χ4n) is 2.13. The summed E-state index contributed by atoms with van der Waals surface area (Å²) < 4.78 is 4.93.